The third-order valence-electron chi connectivity index (χ3n) is 3.25. The summed E-state index contributed by atoms with van der Waals surface area (Å²) in [7, 11) is 0. The first-order valence-electron chi connectivity index (χ1n) is 6.95. The van der Waals surface area contributed by atoms with E-state index in [9.17, 15) is 4.79 Å². The van der Waals surface area contributed by atoms with Gasteiger partial charge in [0.05, 0.1) is 12.7 Å². The zero-order chi connectivity index (χ0) is 16.1. The van der Waals surface area contributed by atoms with Gasteiger partial charge in [-0.05, 0) is 29.6 Å². The Kier molecular flexibility index (Phi) is 4.46. The van der Waals surface area contributed by atoms with Gasteiger partial charge < -0.3 is 4.90 Å². The number of nitrogens with zero attached hydrogens (tertiary/aromatic N) is 3. The number of anilines is 1. The van der Waals surface area contributed by atoms with Gasteiger partial charge in [0, 0.05) is 28.5 Å². The fraction of sp³-hybridized carbons (Fsp3) is 0.0556. The molecule has 0 bridgehead atoms. The number of benzene rings is 1. The van der Waals surface area contributed by atoms with Gasteiger partial charge in [-0.3, -0.25) is 9.78 Å². The molecule has 3 rings (SSSR count). The van der Waals surface area contributed by atoms with Crippen molar-refractivity contribution in [3.8, 4) is 12.3 Å². The second kappa shape index (κ2) is 6.86. The quantitative estimate of drug-likeness (QED) is 0.693. The van der Waals surface area contributed by atoms with Crippen molar-refractivity contribution in [1.82, 2.24) is 9.97 Å². The molecule has 4 nitrogen and oxygen atoms in total. The molecule has 0 aliphatic heterocycles. The zero-order valence-corrected chi connectivity index (χ0v) is 13.0. The minimum atomic E-state index is -0.208. The highest BCUT2D eigenvalue weighted by Gasteiger charge is 2.20. The molecule has 1 aromatic carbocycles. The summed E-state index contributed by atoms with van der Waals surface area (Å²) in [6.45, 7) is 0.459. The Bertz CT molecular complexity index is 838. The fourth-order valence-corrected chi connectivity index (χ4v) is 2.84. The second-order valence-corrected chi connectivity index (χ2v) is 5.79. The Morgan fingerprint density at radius 1 is 1.26 bits per heavy atom. The molecule has 0 saturated carbocycles. The van der Waals surface area contributed by atoms with Gasteiger partial charge >= 0.3 is 0 Å². The first-order chi connectivity index (χ1) is 11.3. The molecule has 2 heterocycles. The maximum absolute atomic E-state index is 12.8. The van der Waals surface area contributed by atoms with Gasteiger partial charge in [-0.15, -0.1) is 17.8 Å². The summed E-state index contributed by atoms with van der Waals surface area (Å²) in [6.07, 6.45) is 9.98. The van der Waals surface area contributed by atoms with Gasteiger partial charge in [0.25, 0.3) is 5.91 Å². The van der Waals surface area contributed by atoms with Crippen LogP contribution in [-0.2, 0) is 6.54 Å². The molecular weight excluding hydrogens is 306 g/mol. The minimum absolute atomic E-state index is 0.208. The summed E-state index contributed by atoms with van der Waals surface area (Å²) in [5, 5.41) is 1.98. The monoisotopic (exact) mass is 319 g/mol. The highest BCUT2D eigenvalue weighted by molar-refractivity contribution is 7.09. The molecule has 0 fully saturated rings. The smallest absolute Gasteiger partial charge is 0.278 e. The highest BCUT2D eigenvalue weighted by atomic mass is 32.1. The lowest BCUT2D eigenvalue weighted by Gasteiger charge is -2.22. The van der Waals surface area contributed by atoms with Crippen LogP contribution in [0, 0.1) is 12.3 Å². The largest absolute Gasteiger partial charge is 0.302 e. The average molecular weight is 319 g/mol. The number of carbonyl (C=O) groups excluding carboxylic acids is 1. The first kappa shape index (κ1) is 14.9. The Hall–Kier alpha value is -2.97. The number of hydrogen-bond donors (Lipinski definition) is 0. The number of hydrogen-bond acceptors (Lipinski definition) is 4. The van der Waals surface area contributed by atoms with Crippen molar-refractivity contribution >= 4 is 22.9 Å². The molecule has 0 atom stereocenters. The van der Waals surface area contributed by atoms with Crippen molar-refractivity contribution in [2.75, 3.05) is 4.90 Å². The summed E-state index contributed by atoms with van der Waals surface area (Å²) >= 11 is 1.60. The van der Waals surface area contributed by atoms with Crippen LogP contribution in [0.4, 0.5) is 5.69 Å². The van der Waals surface area contributed by atoms with Crippen LogP contribution in [0.5, 0.6) is 0 Å². The predicted octanol–water partition coefficient (Wildman–Crippen LogP) is 3.37. The normalized spacial score (nSPS) is 10.0. The van der Waals surface area contributed by atoms with E-state index in [1.165, 1.54) is 12.4 Å². The van der Waals surface area contributed by atoms with E-state index in [4.69, 9.17) is 6.42 Å². The molecule has 0 aliphatic carbocycles. The zero-order valence-electron chi connectivity index (χ0n) is 12.2. The summed E-state index contributed by atoms with van der Waals surface area (Å²) in [4.78, 5) is 23.7. The van der Waals surface area contributed by atoms with Crippen molar-refractivity contribution in [2.24, 2.45) is 0 Å². The van der Waals surface area contributed by atoms with Crippen molar-refractivity contribution in [3.63, 3.8) is 0 Å². The summed E-state index contributed by atoms with van der Waals surface area (Å²) < 4.78 is 0. The third-order valence-corrected chi connectivity index (χ3v) is 4.11. The lowest BCUT2D eigenvalue weighted by molar-refractivity contribution is 0.0980. The molecule has 0 N–H and O–H groups in total. The second-order valence-electron chi connectivity index (χ2n) is 4.76. The van der Waals surface area contributed by atoms with E-state index < -0.39 is 0 Å². The van der Waals surface area contributed by atoms with Gasteiger partial charge in [0.15, 0.2) is 0 Å². The Labute approximate surface area is 138 Å². The molecule has 5 heteroatoms. The van der Waals surface area contributed by atoms with E-state index in [0.717, 1.165) is 16.1 Å². The van der Waals surface area contributed by atoms with Gasteiger partial charge in [0.2, 0.25) is 0 Å². The van der Waals surface area contributed by atoms with Crippen LogP contribution < -0.4 is 4.90 Å². The van der Waals surface area contributed by atoms with Crippen molar-refractivity contribution in [1.29, 1.82) is 0 Å². The fourth-order valence-electron chi connectivity index (χ4n) is 2.15. The van der Waals surface area contributed by atoms with Crippen molar-refractivity contribution in [2.45, 2.75) is 6.54 Å². The summed E-state index contributed by atoms with van der Waals surface area (Å²) in [5.74, 6) is 2.39. The van der Waals surface area contributed by atoms with Crippen LogP contribution >= 0.6 is 11.3 Å². The van der Waals surface area contributed by atoms with Crippen LogP contribution in [0.3, 0.4) is 0 Å². The molecular formula is C18H13N3OS. The number of aromatic nitrogens is 2. The Balaban J connectivity index is 1.99. The Morgan fingerprint density at radius 3 is 2.87 bits per heavy atom. The molecule has 0 unspecified atom stereocenters. The Morgan fingerprint density at radius 2 is 2.17 bits per heavy atom. The van der Waals surface area contributed by atoms with Crippen LogP contribution in [0.15, 0.2) is 60.4 Å². The van der Waals surface area contributed by atoms with E-state index in [0.29, 0.717) is 12.2 Å². The lowest BCUT2D eigenvalue weighted by atomic mass is 10.2. The van der Waals surface area contributed by atoms with Crippen molar-refractivity contribution < 1.29 is 4.79 Å². The molecule has 0 radical (unpaired) electrons. The molecule has 23 heavy (non-hydrogen) atoms. The molecule has 0 saturated heterocycles. The topological polar surface area (TPSA) is 46.1 Å². The maximum atomic E-state index is 12.8. The number of terminal acetylenes is 1. The predicted molar refractivity (Wildman–Crippen MR) is 91.2 cm³/mol. The SMILES string of the molecule is C#Cc1cccc(N(Cc2cccs2)C(=O)c2cnccn2)c1. The van der Waals surface area contributed by atoms with E-state index in [-0.39, 0.29) is 5.91 Å². The number of carbonyl (C=O) groups is 1. The van der Waals surface area contributed by atoms with Gasteiger partial charge in [0.1, 0.15) is 5.69 Å². The maximum Gasteiger partial charge on any atom is 0.278 e. The average Bonchev–Trinajstić information content (AvgIpc) is 3.13. The molecule has 2 aromatic heterocycles. The van der Waals surface area contributed by atoms with Gasteiger partial charge in [-0.25, -0.2) is 4.98 Å². The minimum Gasteiger partial charge on any atom is -0.302 e. The van der Waals surface area contributed by atoms with Crippen LogP contribution in [0.2, 0.25) is 0 Å². The van der Waals surface area contributed by atoms with E-state index in [1.807, 2.05) is 41.8 Å². The molecule has 0 spiro atoms. The van der Waals surface area contributed by atoms with Crippen LogP contribution in [0.1, 0.15) is 20.9 Å². The number of amides is 1. The number of thiophene rings is 1. The van der Waals surface area contributed by atoms with Gasteiger partial charge in [-0.1, -0.05) is 18.1 Å². The lowest BCUT2D eigenvalue weighted by Crippen LogP contribution is -2.30. The summed E-state index contributed by atoms with van der Waals surface area (Å²) in [5.41, 5.74) is 1.77. The van der Waals surface area contributed by atoms with Crippen LogP contribution in [-0.4, -0.2) is 15.9 Å². The molecule has 112 valence electrons. The molecule has 1 amide bonds. The van der Waals surface area contributed by atoms with E-state index in [2.05, 4.69) is 15.9 Å². The first-order valence-corrected chi connectivity index (χ1v) is 7.83. The third kappa shape index (κ3) is 3.44. The highest BCUT2D eigenvalue weighted by Crippen LogP contribution is 2.22. The molecule has 3 aromatic rings. The summed E-state index contributed by atoms with van der Waals surface area (Å²) in [6, 6.07) is 11.3. The standard InChI is InChI=1S/C18H13N3OS/c1-2-14-5-3-6-15(11-14)21(13-16-7-4-10-23-16)18(22)17-12-19-8-9-20-17/h1,3-12H,13H2. The van der Waals surface area contributed by atoms with Gasteiger partial charge in [-0.2, -0.15) is 0 Å². The van der Waals surface area contributed by atoms with E-state index >= 15 is 0 Å². The molecule has 0 aliphatic rings. The number of rotatable bonds is 4. The van der Waals surface area contributed by atoms with Crippen molar-refractivity contribution in [3.05, 3.63) is 76.5 Å². The van der Waals surface area contributed by atoms with E-state index in [1.54, 1.807) is 22.4 Å². The van der Waals surface area contributed by atoms with Crippen LogP contribution in [0.25, 0.3) is 0 Å².